The fraction of sp³-hybridized carbons (Fsp3) is 0.522. The van der Waals surface area contributed by atoms with Crippen LogP contribution in [0.5, 0.6) is 0 Å². The molecule has 1 N–H and O–H groups in total. The number of morpholine rings is 2. The van der Waals surface area contributed by atoms with Crippen LogP contribution in [0.25, 0.3) is 0 Å². The Kier molecular flexibility index (Phi) is 9.72. The molecule has 6 nitrogen and oxygen atoms in total. The van der Waals surface area contributed by atoms with E-state index < -0.39 is 0 Å². The van der Waals surface area contributed by atoms with Crippen molar-refractivity contribution in [1.82, 2.24) is 15.1 Å². The molecule has 0 spiro atoms. The van der Waals surface area contributed by atoms with Crippen LogP contribution in [0.1, 0.15) is 29.5 Å². The van der Waals surface area contributed by atoms with Gasteiger partial charge in [-0.3, -0.25) is 9.89 Å². The maximum Gasteiger partial charge on any atom is 0.193 e. The zero-order valence-electron chi connectivity index (χ0n) is 18.6. The first-order chi connectivity index (χ1) is 15.1. The van der Waals surface area contributed by atoms with Gasteiger partial charge in [-0.2, -0.15) is 0 Å². The summed E-state index contributed by atoms with van der Waals surface area (Å²) in [7, 11) is 1.82. The predicted octanol–water partition coefficient (Wildman–Crippen LogP) is 3.92. The molecule has 32 heavy (non-hydrogen) atoms. The summed E-state index contributed by atoms with van der Waals surface area (Å²) in [6, 6.07) is 11.2. The summed E-state index contributed by atoms with van der Waals surface area (Å²) in [4.78, 5) is 10.6. The second-order valence-electron chi connectivity index (χ2n) is 8.00. The molecular formula is C23H32FIN4O2S. The highest BCUT2D eigenvalue weighted by Crippen LogP contribution is 2.27. The highest BCUT2D eigenvalue weighted by atomic mass is 127. The maximum absolute atomic E-state index is 13.3. The minimum absolute atomic E-state index is 0. The Morgan fingerprint density at radius 1 is 1.22 bits per heavy atom. The molecule has 3 heterocycles. The van der Waals surface area contributed by atoms with E-state index in [1.54, 1.807) is 23.5 Å². The van der Waals surface area contributed by atoms with Crippen LogP contribution >= 0.6 is 35.3 Å². The van der Waals surface area contributed by atoms with Crippen molar-refractivity contribution in [1.29, 1.82) is 0 Å². The van der Waals surface area contributed by atoms with Crippen LogP contribution in [-0.4, -0.2) is 74.8 Å². The number of guanidine groups is 1. The normalized spacial score (nSPS) is 23.5. The van der Waals surface area contributed by atoms with Crippen molar-refractivity contribution in [2.75, 3.05) is 53.0 Å². The van der Waals surface area contributed by atoms with Gasteiger partial charge in [0.15, 0.2) is 5.96 Å². The molecule has 3 unspecified atom stereocenters. The molecule has 9 heteroatoms. The van der Waals surface area contributed by atoms with Crippen LogP contribution in [-0.2, 0) is 9.47 Å². The topological polar surface area (TPSA) is 49.3 Å². The van der Waals surface area contributed by atoms with Crippen LogP contribution in [0.15, 0.2) is 46.8 Å². The van der Waals surface area contributed by atoms with Gasteiger partial charge in [-0.05, 0) is 36.1 Å². The Morgan fingerprint density at radius 3 is 2.62 bits per heavy atom. The zero-order chi connectivity index (χ0) is 21.6. The van der Waals surface area contributed by atoms with Gasteiger partial charge in [-0.15, -0.1) is 35.3 Å². The van der Waals surface area contributed by atoms with E-state index in [0.717, 1.165) is 50.9 Å². The first-order valence-corrected chi connectivity index (χ1v) is 11.7. The van der Waals surface area contributed by atoms with Gasteiger partial charge in [0.1, 0.15) is 11.9 Å². The van der Waals surface area contributed by atoms with Crippen molar-refractivity contribution < 1.29 is 13.9 Å². The number of halogens is 2. The summed E-state index contributed by atoms with van der Waals surface area (Å²) >= 11 is 1.79. The van der Waals surface area contributed by atoms with Crippen molar-refractivity contribution in [2.45, 2.75) is 25.2 Å². The number of nitrogens with one attached hydrogen (secondary N) is 1. The number of ether oxygens (including phenoxy) is 2. The molecule has 0 saturated carbocycles. The lowest BCUT2D eigenvalue weighted by molar-refractivity contribution is -0.0606. The van der Waals surface area contributed by atoms with Crippen molar-refractivity contribution >= 4 is 41.3 Å². The summed E-state index contributed by atoms with van der Waals surface area (Å²) in [5, 5.41) is 5.74. The molecule has 2 saturated heterocycles. The van der Waals surface area contributed by atoms with Gasteiger partial charge in [0.25, 0.3) is 0 Å². The van der Waals surface area contributed by atoms with Gasteiger partial charge in [-0.1, -0.05) is 18.2 Å². The second kappa shape index (κ2) is 12.3. The van der Waals surface area contributed by atoms with E-state index in [9.17, 15) is 4.39 Å². The molecule has 1 aromatic heterocycles. The van der Waals surface area contributed by atoms with Crippen LogP contribution in [0.3, 0.4) is 0 Å². The first-order valence-electron chi connectivity index (χ1n) is 10.9. The van der Waals surface area contributed by atoms with Crippen LogP contribution < -0.4 is 5.32 Å². The average Bonchev–Trinajstić information content (AvgIpc) is 3.32. The molecule has 1 aromatic carbocycles. The number of aliphatic imine (C=N–C) groups is 1. The van der Waals surface area contributed by atoms with Crippen molar-refractivity contribution in [3.63, 3.8) is 0 Å². The Morgan fingerprint density at radius 2 is 1.97 bits per heavy atom. The molecule has 4 rings (SSSR count). The number of hydrogen-bond acceptors (Lipinski definition) is 5. The van der Waals surface area contributed by atoms with Gasteiger partial charge < -0.3 is 19.7 Å². The molecule has 176 valence electrons. The van der Waals surface area contributed by atoms with E-state index in [-0.39, 0.29) is 48.0 Å². The Bertz CT molecular complexity index is 846. The van der Waals surface area contributed by atoms with Gasteiger partial charge in [0.05, 0.1) is 31.9 Å². The van der Waals surface area contributed by atoms with Crippen molar-refractivity contribution in [3.8, 4) is 0 Å². The van der Waals surface area contributed by atoms with Gasteiger partial charge in [-0.25, -0.2) is 4.39 Å². The van der Waals surface area contributed by atoms with Crippen molar-refractivity contribution in [3.05, 3.63) is 58.0 Å². The highest BCUT2D eigenvalue weighted by Gasteiger charge is 2.30. The summed E-state index contributed by atoms with van der Waals surface area (Å²) < 4.78 is 25.0. The Hall–Kier alpha value is -1.27. The molecule has 2 aromatic rings. The van der Waals surface area contributed by atoms with E-state index >= 15 is 0 Å². The standard InChI is InChI=1S/C23H31FN4O2S.HI/c1-17-15-28(16-21(30-17)18-5-7-19(24)8-6-18)23(25-2)26-14-20(22-4-3-13-31-22)27-9-11-29-12-10-27;/h3-8,13,17,20-21H,9-12,14-16H2,1-2H3,(H,25,26);1H. The number of benzene rings is 1. The number of rotatable bonds is 5. The predicted molar refractivity (Wildman–Crippen MR) is 137 cm³/mol. The number of nitrogens with zero attached hydrogens (tertiary/aromatic N) is 3. The molecule has 2 aliphatic heterocycles. The quantitative estimate of drug-likeness (QED) is 0.334. The third kappa shape index (κ3) is 6.40. The summed E-state index contributed by atoms with van der Waals surface area (Å²) in [5.41, 5.74) is 0.984. The molecule has 0 bridgehead atoms. The van der Waals surface area contributed by atoms with E-state index in [0.29, 0.717) is 6.54 Å². The third-order valence-electron chi connectivity index (χ3n) is 5.82. The van der Waals surface area contributed by atoms with Gasteiger partial charge in [0.2, 0.25) is 0 Å². The van der Waals surface area contributed by atoms with Crippen LogP contribution in [0.2, 0.25) is 0 Å². The van der Waals surface area contributed by atoms with Crippen LogP contribution in [0, 0.1) is 5.82 Å². The minimum atomic E-state index is -0.232. The maximum atomic E-state index is 13.3. The molecule has 2 fully saturated rings. The molecule has 0 radical (unpaired) electrons. The Labute approximate surface area is 210 Å². The molecule has 0 aliphatic carbocycles. The van der Waals surface area contributed by atoms with E-state index in [1.807, 2.05) is 7.05 Å². The number of thiophene rings is 1. The summed E-state index contributed by atoms with van der Waals surface area (Å²) in [6.45, 7) is 7.70. The molecule has 3 atom stereocenters. The highest BCUT2D eigenvalue weighted by molar-refractivity contribution is 14.0. The van der Waals surface area contributed by atoms with E-state index in [1.165, 1.54) is 17.0 Å². The van der Waals surface area contributed by atoms with Gasteiger partial charge in [0, 0.05) is 38.1 Å². The second-order valence-corrected chi connectivity index (χ2v) is 8.98. The summed E-state index contributed by atoms with van der Waals surface area (Å²) in [6.07, 6.45) is -0.0649. The lowest BCUT2D eigenvalue weighted by atomic mass is 10.1. The zero-order valence-corrected chi connectivity index (χ0v) is 21.7. The minimum Gasteiger partial charge on any atom is -0.379 e. The largest absolute Gasteiger partial charge is 0.379 e. The van der Waals surface area contributed by atoms with E-state index in [4.69, 9.17) is 9.47 Å². The smallest absolute Gasteiger partial charge is 0.193 e. The van der Waals surface area contributed by atoms with E-state index in [2.05, 4.69) is 44.5 Å². The SMILES string of the molecule is CN=C(NCC(c1cccs1)N1CCOCC1)N1CC(C)OC(c2ccc(F)cc2)C1.I. The molecule has 0 amide bonds. The Balaban J connectivity index is 0.00000289. The van der Waals surface area contributed by atoms with Crippen LogP contribution in [0.4, 0.5) is 4.39 Å². The molecule has 2 aliphatic rings. The third-order valence-corrected chi connectivity index (χ3v) is 6.80. The average molecular weight is 575 g/mol. The van der Waals surface area contributed by atoms with Crippen molar-refractivity contribution in [2.24, 2.45) is 4.99 Å². The monoisotopic (exact) mass is 574 g/mol. The van der Waals surface area contributed by atoms with Gasteiger partial charge >= 0.3 is 0 Å². The molecular weight excluding hydrogens is 542 g/mol. The lowest BCUT2D eigenvalue weighted by Crippen LogP contribution is -2.52. The first kappa shape index (κ1) is 25.4. The fourth-order valence-corrected chi connectivity index (χ4v) is 5.15. The lowest BCUT2D eigenvalue weighted by Gasteiger charge is -2.40. The fourth-order valence-electron chi connectivity index (χ4n) is 4.29. The summed E-state index contributed by atoms with van der Waals surface area (Å²) in [5.74, 6) is 0.641. The number of hydrogen-bond donors (Lipinski definition) is 1.